The van der Waals surface area contributed by atoms with Crippen molar-refractivity contribution in [2.45, 2.75) is 52.2 Å². The van der Waals surface area contributed by atoms with Gasteiger partial charge in [-0.1, -0.05) is 13.0 Å². The van der Waals surface area contributed by atoms with Crippen LogP contribution in [0.3, 0.4) is 0 Å². The Hall–Kier alpha value is -1.07. The second kappa shape index (κ2) is 5.37. The van der Waals surface area contributed by atoms with E-state index >= 15 is 0 Å². The molecule has 0 bridgehead atoms. The first-order valence-electron chi connectivity index (χ1n) is 7.05. The maximum atomic E-state index is 14.0. The summed E-state index contributed by atoms with van der Waals surface area (Å²) in [5, 5.41) is 0. The molecule has 1 aromatic rings. The summed E-state index contributed by atoms with van der Waals surface area (Å²) < 4.78 is 31.1. The van der Waals surface area contributed by atoms with Gasteiger partial charge in [0.15, 0.2) is 11.6 Å². The van der Waals surface area contributed by atoms with Crippen LogP contribution in [0, 0.1) is 5.82 Å². The highest BCUT2D eigenvalue weighted by atomic mass is 19.1. The predicted octanol–water partition coefficient (Wildman–Crippen LogP) is 2.91. The Balaban J connectivity index is 2.17. The fourth-order valence-corrected chi connectivity index (χ4v) is 1.97. The van der Waals surface area contributed by atoms with Crippen LogP contribution in [0.2, 0.25) is 0 Å². The van der Waals surface area contributed by atoms with Crippen LogP contribution in [-0.4, -0.2) is 24.9 Å². The SMILES string of the molecule is CCCOc1ccc(B2OC(C)(C)C(C)(C)O2)cc1F. The van der Waals surface area contributed by atoms with Crippen molar-refractivity contribution in [1.82, 2.24) is 0 Å². The lowest BCUT2D eigenvalue weighted by molar-refractivity contribution is 0.00578. The molecular weight excluding hydrogens is 258 g/mol. The molecule has 110 valence electrons. The molecule has 20 heavy (non-hydrogen) atoms. The number of rotatable bonds is 4. The van der Waals surface area contributed by atoms with Crippen molar-refractivity contribution in [3.63, 3.8) is 0 Å². The van der Waals surface area contributed by atoms with E-state index in [9.17, 15) is 4.39 Å². The molecule has 0 aromatic heterocycles. The summed E-state index contributed by atoms with van der Waals surface area (Å²) in [7, 11) is -0.547. The van der Waals surface area contributed by atoms with Crippen molar-refractivity contribution in [3.8, 4) is 5.75 Å². The lowest BCUT2D eigenvalue weighted by Gasteiger charge is -2.32. The van der Waals surface area contributed by atoms with Gasteiger partial charge >= 0.3 is 7.12 Å². The van der Waals surface area contributed by atoms with E-state index in [4.69, 9.17) is 14.0 Å². The monoisotopic (exact) mass is 280 g/mol. The lowest BCUT2D eigenvalue weighted by atomic mass is 9.79. The van der Waals surface area contributed by atoms with E-state index in [1.54, 1.807) is 12.1 Å². The molecule has 1 saturated heterocycles. The number of halogens is 1. The molecule has 0 atom stereocenters. The number of hydrogen-bond acceptors (Lipinski definition) is 3. The molecule has 0 saturated carbocycles. The standard InChI is InChI=1S/C15H22BFO3/c1-6-9-18-13-8-7-11(10-12(13)17)16-19-14(2,3)15(4,5)20-16/h7-8,10H,6,9H2,1-5H3. The molecule has 5 heteroatoms. The smallest absolute Gasteiger partial charge is 0.491 e. The quantitative estimate of drug-likeness (QED) is 0.794. The van der Waals surface area contributed by atoms with Crippen LogP contribution in [0.1, 0.15) is 41.0 Å². The first-order valence-corrected chi connectivity index (χ1v) is 7.05. The first kappa shape index (κ1) is 15.3. The summed E-state index contributed by atoms with van der Waals surface area (Å²) in [6.45, 7) is 10.4. The number of hydrogen-bond donors (Lipinski definition) is 0. The molecule has 0 N–H and O–H groups in total. The lowest BCUT2D eigenvalue weighted by Crippen LogP contribution is -2.41. The molecule has 0 radical (unpaired) electrons. The average molecular weight is 280 g/mol. The van der Waals surface area contributed by atoms with Crippen LogP contribution in [0.25, 0.3) is 0 Å². The van der Waals surface area contributed by atoms with Crippen LogP contribution < -0.4 is 10.2 Å². The van der Waals surface area contributed by atoms with E-state index in [1.165, 1.54) is 6.07 Å². The van der Waals surface area contributed by atoms with Gasteiger partial charge in [-0.3, -0.25) is 0 Å². The molecule has 0 unspecified atom stereocenters. The molecule has 1 heterocycles. The Morgan fingerprint density at radius 1 is 1.15 bits per heavy atom. The van der Waals surface area contributed by atoms with Gasteiger partial charge in [0.05, 0.1) is 17.8 Å². The Kier molecular flexibility index (Phi) is 4.12. The van der Waals surface area contributed by atoms with E-state index in [2.05, 4.69) is 0 Å². The predicted molar refractivity (Wildman–Crippen MR) is 77.9 cm³/mol. The highest BCUT2D eigenvalue weighted by Crippen LogP contribution is 2.36. The molecule has 3 nitrogen and oxygen atoms in total. The van der Waals surface area contributed by atoms with Crippen molar-refractivity contribution in [1.29, 1.82) is 0 Å². The summed E-state index contributed by atoms with van der Waals surface area (Å²) in [5.74, 6) is -0.113. The van der Waals surface area contributed by atoms with Gasteiger partial charge in [0.25, 0.3) is 0 Å². The summed E-state index contributed by atoms with van der Waals surface area (Å²) in [6, 6.07) is 4.84. The molecule has 2 rings (SSSR count). The van der Waals surface area contributed by atoms with Crippen molar-refractivity contribution < 1.29 is 18.4 Å². The van der Waals surface area contributed by atoms with Crippen molar-refractivity contribution in [2.24, 2.45) is 0 Å². The molecule has 0 amide bonds. The molecule has 1 aromatic carbocycles. The van der Waals surface area contributed by atoms with Crippen LogP contribution in [-0.2, 0) is 9.31 Å². The maximum absolute atomic E-state index is 14.0. The van der Waals surface area contributed by atoms with Crippen molar-refractivity contribution in [2.75, 3.05) is 6.61 Å². The third-order valence-corrected chi connectivity index (χ3v) is 3.94. The van der Waals surface area contributed by atoms with Crippen LogP contribution in [0.15, 0.2) is 18.2 Å². The van der Waals surface area contributed by atoms with Gasteiger partial charge in [-0.2, -0.15) is 0 Å². The van der Waals surface area contributed by atoms with E-state index < -0.39 is 18.3 Å². The first-order chi connectivity index (χ1) is 9.27. The molecule has 1 aliphatic heterocycles. The zero-order valence-corrected chi connectivity index (χ0v) is 12.8. The second-order valence-corrected chi connectivity index (χ2v) is 6.13. The Labute approximate surface area is 120 Å². The van der Waals surface area contributed by atoms with E-state index in [0.717, 1.165) is 6.42 Å². The van der Waals surface area contributed by atoms with Gasteiger partial charge in [-0.25, -0.2) is 4.39 Å². The third-order valence-electron chi connectivity index (χ3n) is 3.94. The van der Waals surface area contributed by atoms with Crippen LogP contribution in [0.5, 0.6) is 5.75 Å². The van der Waals surface area contributed by atoms with Gasteiger partial charge in [0.2, 0.25) is 0 Å². The van der Waals surface area contributed by atoms with Gasteiger partial charge in [-0.05, 0) is 51.7 Å². The number of ether oxygens (including phenoxy) is 1. The van der Waals surface area contributed by atoms with Crippen LogP contribution >= 0.6 is 0 Å². The van der Waals surface area contributed by atoms with Gasteiger partial charge in [0.1, 0.15) is 0 Å². The van der Waals surface area contributed by atoms with Crippen LogP contribution in [0.4, 0.5) is 4.39 Å². The van der Waals surface area contributed by atoms with E-state index in [-0.39, 0.29) is 11.6 Å². The van der Waals surface area contributed by atoms with E-state index in [0.29, 0.717) is 12.1 Å². The largest absolute Gasteiger partial charge is 0.494 e. The zero-order chi connectivity index (χ0) is 15.0. The van der Waals surface area contributed by atoms with Crippen molar-refractivity contribution >= 4 is 12.6 Å². The third kappa shape index (κ3) is 2.84. The summed E-state index contributed by atoms with van der Waals surface area (Å²) in [4.78, 5) is 0. The van der Waals surface area contributed by atoms with Gasteiger partial charge in [0, 0.05) is 0 Å². The topological polar surface area (TPSA) is 27.7 Å². The Morgan fingerprint density at radius 3 is 2.25 bits per heavy atom. The summed E-state index contributed by atoms with van der Waals surface area (Å²) in [5.41, 5.74) is -0.179. The summed E-state index contributed by atoms with van der Waals surface area (Å²) >= 11 is 0. The highest BCUT2D eigenvalue weighted by molar-refractivity contribution is 6.62. The minimum atomic E-state index is -0.547. The van der Waals surface area contributed by atoms with Crippen molar-refractivity contribution in [3.05, 3.63) is 24.0 Å². The summed E-state index contributed by atoms with van der Waals surface area (Å²) in [6.07, 6.45) is 0.846. The van der Waals surface area contributed by atoms with E-state index in [1.807, 2.05) is 34.6 Å². The Bertz CT molecular complexity index is 472. The van der Waals surface area contributed by atoms with Gasteiger partial charge < -0.3 is 14.0 Å². The average Bonchev–Trinajstić information content (AvgIpc) is 2.57. The minimum Gasteiger partial charge on any atom is -0.491 e. The molecule has 1 fully saturated rings. The minimum absolute atomic E-state index is 0.270. The number of benzene rings is 1. The fourth-order valence-electron chi connectivity index (χ4n) is 1.97. The Morgan fingerprint density at radius 2 is 1.75 bits per heavy atom. The normalized spacial score (nSPS) is 20.2. The molecule has 0 spiro atoms. The zero-order valence-electron chi connectivity index (χ0n) is 12.8. The molecular formula is C15H22BFO3. The van der Waals surface area contributed by atoms with Gasteiger partial charge in [-0.15, -0.1) is 0 Å². The molecule has 1 aliphatic rings. The molecule has 0 aliphatic carbocycles. The maximum Gasteiger partial charge on any atom is 0.494 e. The highest BCUT2D eigenvalue weighted by Gasteiger charge is 2.51. The fraction of sp³-hybridized carbons (Fsp3) is 0.600. The second-order valence-electron chi connectivity index (χ2n) is 6.13.